The molecule has 0 spiro atoms. The molecule has 1 aliphatic rings. The lowest BCUT2D eigenvalue weighted by molar-refractivity contribution is 0.914. The summed E-state index contributed by atoms with van der Waals surface area (Å²) in [6.07, 6.45) is 3.67. The molecule has 0 N–H and O–H groups in total. The molecule has 4 rings (SSSR count). The van der Waals surface area contributed by atoms with Gasteiger partial charge in [-0.3, -0.25) is 0 Å². The predicted octanol–water partition coefficient (Wildman–Crippen LogP) is 5.26. The average molecular weight is 326 g/mol. The fraction of sp³-hybridized carbons (Fsp3) is 0.333. The summed E-state index contributed by atoms with van der Waals surface area (Å²) >= 11 is 3.65. The van der Waals surface area contributed by atoms with Gasteiger partial charge in [0.05, 0.1) is 0 Å². The highest BCUT2D eigenvalue weighted by Gasteiger charge is 2.22. The van der Waals surface area contributed by atoms with Crippen molar-refractivity contribution in [2.45, 2.75) is 50.0 Å². The minimum absolute atomic E-state index is 0.874. The maximum Gasteiger partial charge on any atom is 0.128 e. The van der Waals surface area contributed by atoms with Crippen LogP contribution in [0.25, 0.3) is 10.2 Å². The molecule has 2 nitrogen and oxygen atoms in total. The number of aryl methyl sites for hydroxylation is 5. The number of fused-ring (bicyclic) bond motifs is 3. The lowest BCUT2D eigenvalue weighted by atomic mass is 10.1. The third-order valence-electron chi connectivity index (χ3n) is 4.34. The summed E-state index contributed by atoms with van der Waals surface area (Å²) in [5, 5.41) is 2.44. The molecular formula is C18H18N2S2. The maximum absolute atomic E-state index is 4.76. The lowest BCUT2D eigenvalue weighted by Crippen LogP contribution is -1.92. The van der Waals surface area contributed by atoms with E-state index in [1.807, 2.05) is 18.3 Å². The van der Waals surface area contributed by atoms with E-state index in [4.69, 9.17) is 4.98 Å². The molecule has 22 heavy (non-hydrogen) atoms. The van der Waals surface area contributed by atoms with E-state index in [1.165, 1.54) is 55.9 Å². The van der Waals surface area contributed by atoms with Crippen LogP contribution in [-0.2, 0) is 12.8 Å². The van der Waals surface area contributed by atoms with Gasteiger partial charge >= 0.3 is 0 Å². The van der Waals surface area contributed by atoms with Crippen LogP contribution in [0.5, 0.6) is 0 Å². The van der Waals surface area contributed by atoms with Crippen molar-refractivity contribution >= 4 is 33.3 Å². The van der Waals surface area contributed by atoms with Gasteiger partial charge in [-0.1, -0.05) is 17.8 Å². The molecule has 3 aromatic rings. The second-order valence-electron chi connectivity index (χ2n) is 5.96. The summed E-state index contributed by atoms with van der Waals surface area (Å²) in [4.78, 5) is 13.4. The van der Waals surface area contributed by atoms with Crippen LogP contribution >= 0.6 is 23.1 Å². The van der Waals surface area contributed by atoms with Gasteiger partial charge in [0, 0.05) is 15.2 Å². The van der Waals surface area contributed by atoms with Gasteiger partial charge in [0.2, 0.25) is 0 Å². The molecule has 0 amide bonds. The smallest absolute Gasteiger partial charge is 0.128 e. The summed E-state index contributed by atoms with van der Waals surface area (Å²) < 4.78 is 0. The van der Waals surface area contributed by atoms with E-state index in [-0.39, 0.29) is 0 Å². The quantitative estimate of drug-likeness (QED) is 0.601. The van der Waals surface area contributed by atoms with Gasteiger partial charge in [0.1, 0.15) is 15.7 Å². The van der Waals surface area contributed by atoms with Crippen molar-refractivity contribution in [3.8, 4) is 0 Å². The Morgan fingerprint density at radius 2 is 1.91 bits per heavy atom. The van der Waals surface area contributed by atoms with E-state index < -0.39 is 0 Å². The van der Waals surface area contributed by atoms with E-state index >= 15 is 0 Å². The second kappa shape index (κ2) is 5.36. The van der Waals surface area contributed by atoms with Gasteiger partial charge < -0.3 is 0 Å². The summed E-state index contributed by atoms with van der Waals surface area (Å²) in [5.74, 6) is 0.874. The Morgan fingerprint density at radius 3 is 2.73 bits per heavy atom. The van der Waals surface area contributed by atoms with Crippen LogP contribution in [0.3, 0.4) is 0 Å². The number of aromatic nitrogens is 2. The first-order chi connectivity index (χ1) is 10.6. The largest absolute Gasteiger partial charge is 0.226 e. The average Bonchev–Trinajstić information content (AvgIpc) is 3.02. The fourth-order valence-electron chi connectivity index (χ4n) is 3.03. The van der Waals surface area contributed by atoms with Gasteiger partial charge in [-0.2, -0.15) is 0 Å². The summed E-state index contributed by atoms with van der Waals surface area (Å²) in [7, 11) is 0. The molecule has 0 bridgehead atoms. The zero-order valence-electron chi connectivity index (χ0n) is 13.1. The topological polar surface area (TPSA) is 25.8 Å². The van der Waals surface area contributed by atoms with E-state index in [0.29, 0.717) is 0 Å². The van der Waals surface area contributed by atoms with Crippen molar-refractivity contribution in [1.82, 2.24) is 9.97 Å². The third-order valence-corrected chi connectivity index (χ3v) is 6.50. The second-order valence-corrected chi connectivity index (χ2v) is 8.11. The van der Waals surface area contributed by atoms with Gasteiger partial charge in [0.15, 0.2) is 0 Å². The number of hydrogen-bond acceptors (Lipinski definition) is 4. The number of thiophene rings is 1. The van der Waals surface area contributed by atoms with Crippen molar-refractivity contribution in [3.05, 3.63) is 45.6 Å². The van der Waals surface area contributed by atoms with E-state index in [0.717, 1.165) is 10.9 Å². The van der Waals surface area contributed by atoms with Crippen molar-refractivity contribution < 1.29 is 0 Å². The van der Waals surface area contributed by atoms with E-state index in [1.54, 1.807) is 11.8 Å². The first-order valence-corrected chi connectivity index (χ1v) is 9.29. The van der Waals surface area contributed by atoms with Crippen LogP contribution in [0.4, 0.5) is 0 Å². The molecule has 1 aliphatic carbocycles. The maximum atomic E-state index is 4.76. The molecule has 0 aliphatic heterocycles. The molecule has 2 heterocycles. The number of rotatable bonds is 2. The predicted molar refractivity (Wildman–Crippen MR) is 94.2 cm³/mol. The van der Waals surface area contributed by atoms with E-state index in [2.05, 4.69) is 37.0 Å². The SMILES string of the molecule is Cc1nc(Sc2ccc(C)c(C)c2)c2c3c(sc2n1)CCC3. The van der Waals surface area contributed by atoms with Gasteiger partial charge in [-0.15, -0.1) is 11.3 Å². The highest BCUT2D eigenvalue weighted by Crippen LogP contribution is 2.42. The zero-order chi connectivity index (χ0) is 15.3. The lowest BCUT2D eigenvalue weighted by Gasteiger charge is -2.07. The fourth-order valence-corrected chi connectivity index (χ4v) is 5.49. The Morgan fingerprint density at radius 1 is 1.05 bits per heavy atom. The first-order valence-electron chi connectivity index (χ1n) is 7.66. The molecular weight excluding hydrogens is 308 g/mol. The standard InChI is InChI=1S/C18H18N2S2/c1-10-7-8-13(9-11(10)2)21-17-16-14-5-4-6-15(14)22-18(16)20-12(3)19-17/h7-9H,4-6H2,1-3H3. The molecule has 0 saturated carbocycles. The van der Waals surface area contributed by atoms with Crippen molar-refractivity contribution in [1.29, 1.82) is 0 Å². The monoisotopic (exact) mass is 326 g/mol. The van der Waals surface area contributed by atoms with Crippen LogP contribution < -0.4 is 0 Å². The number of hydrogen-bond donors (Lipinski definition) is 0. The highest BCUT2D eigenvalue weighted by molar-refractivity contribution is 7.99. The Labute approximate surface area is 139 Å². The van der Waals surface area contributed by atoms with E-state index in [9.17, 15) is 0 Å². The molecule has 0 atom stereocenters. The third kappa shape index (κ3) is 2.34. The van der Waals surface area contributed by atoms with Crippen molar-refractivity contribution in [3.63, 3.8) is 0 Å². The Hall–Kier alpha value is -1.39. The van der Waals surface area contributed by atoms with Gasteiger partial charge in [-0.05, 0) is 68.9 Å². The zero-order valence-corrected chi connectivity index (χ0v) is 14.7. The van der Waals surface area contributed by atoms with Crippen LogP contribution in [0.1, 0.15) is 33.8 Å². The molecule has 0 radical (unpaired) electrons. The van der Waals surface area contributed by atoms with Crippen LogP contribution in [0, 0.1) is 20.8 Å². The molecule has 0 fully saturated rings. The molecule has 0 unspecified atom stereocenters. The highest BCUT2D eigenvalue weighted by atomic mass is 32.2. The Balaban J connectivity index is 1.85. The molecule has 112 valence electrons. The number of nitrogens with zero attached hydrogens (tertiary/aromatic N) is 2. The number of benzene rings is 1. The van der Waals surface area contributed by atoms with Crippen LogP contribution in [0.2, 0.25) is 0 Å². The normalized spacial score (nSPS) is 13.8. The Bertz CT molecular complexity index is 880. The minimum atomic E-state index is 0.874. The summed E-state index contributed by atoms with van der Waals surface area (Å²) in [5.41, 5.74) is 4.18. The van der Waals surface area contributed by atoms with Crippen LogP contribution in [0.15, 0.2) is 28.1 Å². The van der Waals surface area contributed by atoms with Gasteiger partial charge in [0.25, 0.3) is 0 Å². The first kappa shape index (κ1) is 14.2. The summed E-state index contributed by atoms with van der Waals surface area (Å²) in [6.45, 7) is 6.32. The minimum Gasteiger partial charge on any atom is -0.226 e. The Kier molecular flexibility index (Phi) is 3.46. The molecule has 1 aromatic carbocycles. The van der Waals surface area contributed by atoms with Gasteiger partial charge in [-0.25, -0.2) is 9.97 Å². The summed E-state index contributed by atoms with van der Waals surface area (Å²) in [6, 6.07) is 6.65. The van der Waals surface area contributed by atoms with Crippen molar-refractivity contribution in [2.24, 2.45) is 0 Å². The van der Waals surface area contributed by atoms with Crippen LogP contribution in [-0.4, -0.2) is 9.97 Å². The molecule has 2 aromatic heterocycles. The molecule has 0 saturated heterocycles. The molecule has 4 heteroatoms. The van der Waals surface area contributed by atoms with Crippen molar-refractivity contribution in [2.75, 3.05) is 0 Å².